The van der Waals surface area contributed by atoms with Gasteiger partial charge in [-0.3, -0.25) is 0 Å². The molecule has 3 aromatic rings. The number of rotatable bonds is 3. The number of nitrogens with one attached hydrogen (secondary N) is 2. The van der Waals surface area contributed by atoms with Gasteiger partial charge < -0.3 is 10.3 Å². The van der Waals surface area contributed by atoms with Gasteiger partial charge in [-0.05, 0) is 11.5 Å². The number of benzene rings is 1. The fourth-order valence-electron chi connectivity index (χ4n) is 1.82. The number of aromatic nitrogens is 3. The molecule has 0 atom stereocenters. The first-order valence-corrected chi connectivity index (χ1v) is 5.48. The third kappa shape index (κ3) is 1.97. The Kier molecular flexibility index (Phi) is 2.46. The Morgan fingerprint density at radius 3 is 3.00 bits per heavy atom. The Balaban J connectivity index is 1.90. The highest BCUT2D eigenvalue weighted by atomic mass is 15.0. The van der Waals surface area contributed by atoms with Crippen LogP contribution in [-0.2, 0) is 6.54 Å². The number of aromatic amines is 1. The topological polar surface area (TPSA) is 53.6 Å². The maximum absolute atomic E-state index is 4.36. The van der Waals surface area contributed by atoms with Gasteiger partial charge >= 0.3 is 0 Å². The first-order chi connectivity index (χ1) is 8.43. The molecule has 0 saturated heterocycles. The van der Waals surface area contributed by atoms with Crippen molar-refractivity contribution in [2.75, 3.05) is 5.32 Å². The summed E-state index contributed by atoms with van der Waals surface area (Å²) < 4.78 is 0. The average Bonchev–Trinajstić information content (AvgIpc) is 2.89. The van der Waals surface area contributed by atoms with Crippen LogP contribution in [0.2, 0.25) is 0 Å². The lowest BCUT2D eigenvalue weighted by Crippen LogP contribution is -2.01. The van der Waals surface area contributed by atoms with E-state index < -0.39 is 0 Å². The highest BCUT2D eigenvalue weighted by Gasteiger charge is 2.01. The molecule has 0 spiro atoms. The predicted octanol–water partition coefficient (Wildman–Crippen LogP) is 2.57. The minimum absolute atomic E-state index is 0.695. The zero-order valence-electron chi connectivity index (χ0n) is 9.22. The van der Waals surface area contributed by atoms with Gasteiger partial charge in [-0.25, -0.2) is 9.97 Å². The summed E-state index contributed by atoms with van der Waals surface area (Å²) in [5.74, 6) is 0.901. The van der Waals surface area contributed by atoms with Gasteiger partial charge in [-0.1, -0.05) is 24.3 Å². The van der Waals surface area contributed by atoms with Crippen LogP contribution >= 0.6 is 0 Å². The molecule has 0 aliphatic carbocycles. The van der Waals surface area contributed by atoms with E-state index in [-0.39, 0.29) is 0 Å². The van der Waals surface area contributed by atoms with Gasteiger partial charge in [0.25, 0.3) is 0 Å². The summed E-state index contributed by atoms with van der Waals surface area (Å²) >= 11 is 0. The van der Waals surface area contributed by atoms with Crippen molar-refractivity contribution in [1.82, 2.24) is 15.0 Å². The maximum Gasteiger partial charge on any atom is 0.134 e. The van der Waals surface area contributed by atoms with Gasteiger partial charge in [-0.15, -0.1) is 0 Å². The van der Waals surface area contributed by atoms with E-state index in [0.29, 0.717) is 6.54 Å². The van der Waals surface area contributed by atoms with E-state index in [4.69, 9.17) is 0 Å². The standard InChI is InChI=1S/C13H12N4/c1-2-4-12-10(3-1)5-6-15-13(12)16-8-11-7-14-9-17-11/h1-7,9H,8H2,(H,14,17)(H,15,16). The second-order valence-electron chi connectivity index (χ2n) is 3.81. The van der Waals surface area contributed by atoms with Crippen LogP contribution in [0.1, 0.15) is 5.69 Å². The zero-order valence-corrected chi connectivity index (χ0v) is 9.22. The molecule has 0 aliphatic heterocycles. The number of imidazole rings is 1. The highest BCUT2D eigenvalue weighted by molar-refractivity contribution is 5.91. The molecule has 0 fully saturated rings. The molecular weight excluding hydrogens is 212 g/mol. The van der Waals surface area contributed by atoms with Crippen LogP contribution in [0, 0.1) is 0 Å². The van der Waals surface area contributed by atoms with E-state index in [2.05, 4.69) is 32.4 Å². The molecular formula is C13H12N4. The summed E-state index contributed by atoms with van der Waals surface area (Å²) in [5, 5.41) is 5.63. The number of hydrogen-bond donors (Lipinski definition) is 2. The molecule has 0 amide bonds. The van der Waals surface area contributed by atoms with Crippen LogP contribution < -0.4 is 5.32 Å². The van der Waals surface area contributed by atoms with Crippen molar-refractivity contribution in [3.8, 4) is 0 Å². The van der Waals surface area contributed by atoms with Crippen molar-refractivity contribution in [2.45, 2.75) is 6.54 Å². The van der Waals surface area contributed by atoms with Crippen molar-refractivity contribution >= 4 is 16.6 Å². The SMILES string of the molecule is c1ccc2c(NCc3cnc[nH]3)nccc2c1. The molecule has 17 heavy (non-hydrogen) atoms. The zero-order chi connectivity index (χ0) is 11.5. The molecule has 1 aromatic carbocycles. The second-order valence-corrected chi connectivity index (χ2v) is 3.81. The quantitative estimate of drug-likeness (QED) is 0.719. The van der Waals surface area contributed by atoms with E-state index in [1.54, 1.807) is 12.5 Å². The number of pyridine rings is 1. The first-order valence-electron chi connectivity index (χ1n) is 5.48. The summed E-state index contributed by atoms with van der Waals surface area (Å²) in [7, 11) is 0. The molecule has 2 heterocycles. The summed E-state index contributed by atoms with van der Waals surface area (Å²) in [4.78, 5) is 11.4. The molecule has 4 heteroatoms. The Morgan fingerprint density at radius 2 is 2.12 bits per heavy atom. The van der Waals surface area contributed by atoms with Crippen molar-refractivity contribution < 1.29 is 0 Å². The van der Waals surface area contributed by atoms with Gasteiger partial charge in [0, 0.05) is 17.8 Å². The maximum atomic E-state index is 4.36. The molecule has 3 rings (SSSR count). The van der Waals surface area contributed by atoms with Gasteiger partial charge in [0.15, 0.2) is 0 Å². The normalized spacial score (nSPS) is 10.6. The van der Waals surface area contributed by atoms with Crippen LogP contribution in [0.3, 0.4) is 0 Å². The Labute approximate surface area is 98.7 Å². The van der Waals surface area contributed by atoms with Crippen LogP contribution in [0.5, 0.6) is 0 Å². The number of H-pyrrole nitrogens is 1. The second kappa shape index (κ2) is 4.25. The van der Waals surface area contributed by atoms with Gasteiger partial charge in [0.05, 0.1) is 18.6 Å². The Bertz CT molecular complexity index is 611. The minimum atomic E-state index is 0.695. The van der Waals surface area contributed by atoms with Crippen LogP contribution in [0.15, 0.2) is 49.1 Å². The summed E-state index contributed by atoms with van der Waals surface area (Å²) in [6.07, 6.45) is 5.29. The predicted molar refractivity (Wildman–Crippen MR) is 67.7 cm³/mol. The minimum Gasteiger partial charge on any atom is -0.364 e. The van der Waals surface area contributed by atoms with Crippen LogP contribution in [0.25, 0.3) is 10.8 Å². The van der Waals surface area contributed by atoms with Crippen molar-refractivity contribution in [1.29, 1.82) is 0 Å². The third-order valence-electron chi connectivity index (χ3n) is 2.67. The fraction of sp³-hybridized carbons (Fsp3) is 0.0769. The molecule has 0 bridgehead atoms. The lowest BCUT2D eigenvalue weighted by Gasteiger charge is -2.07. The molecule has 0 saturated carbocycles. The summed E-state index contributed by atoms with van der Waals surface area (Å²) in [5.41, 5.74) is 1.04. The van der Waals surface area contributed by atoms with E-state index >= 15 is 0 Å². The molecule has 0 unspecified atom stereocenters. The van der Waals surface area contributed by atoms with Gasteiger partial charge in [-0.2, -0.15) is 0 Å². The van der Waals surface area contributed by atoms with E-state index in [0.717, 1.165) is 16.9 Å². The Morgan fingerprint density at radius 1 is 1.18 bits per heavy atom. The molecule has 4 nitrogen and oxygen atoms in total. The van der Waals surface area contributed by atoms with E-state index in [9.17, 15) is 0 Å². The molecule has 84 valence electrons. The molecule has 0 aliphatic rings. The van der Waals surface area contributed by atoms with Gasteiger partial charge in [0.1, 0.15) is 5.82 Å². The lowest BCUT2D eigenvalue weighted by molar-refractivity contribution is 1.06. The largest absolute Gasteiger partial charge is 0.364 e. The van der Waals surface area contributed by atoms with E-state index in [1.807, 2.05) is 24.4 Å². The molecule has 2 aromatic heterocycles. The van der Waals surface area contributed by atoms with Crippen LogP contribution in [0.4, 0.5) is 5.82 Å². The van der Waals surface area contributed by atoms with Crippen molar-refractivity contribution in [3.05, 3.63) is 54.7 Å². The number of anilines is 1. The average molecular weight is 224 g/mol. The number of hydrogen-bond acceptors (Lipinski definition) is 3. The van der Waals surface area contributed by atoms with E-state index in [1.165, 1.54) is 5.39 Å². The highest BCUT2D eigenvalue weighted by Crippen LogP contribution is 2.20. The van der Waals surface area contributed by atoms with Gasteiger partial charge in [0.2, 0.25) is 0 Å². The fourth-order valence-corrected chi connectivity index (χ4v) is 1.82. The summed E-state index contributed by atoms with van der Waals surface area (Å²) in [6.45, 7) is 0.695. The van der Waals surface area contributed by atoms with Crippen molar-refractivity contribution in [2.24, 2.45) is 0 Å². The molecule has 0 radical (unpaired) electrons. The third-order valence-corrected chi connectivity index (χ3v) is 2.67. The smallest absolute Gasteiger partial charge is 0.134 e. The van der Waals surface area contributed by atoms with Crippen LogP contribution in [-0.4, -0.2) is 15.0 Å². The monoisotopic (exact) mass is 224 g/mol. The number of nitrogens with zero attached hydrogens (tertiary/aromatic N) is 2. The first kappa shape index (κ1) is 9.84. The lowest BCUT2D eigenvalue weighted by atomic mass is 10.1. The summed E-state index contributed by atoms with van der Waals surface area (Å²) in [6, 6.07) is 10.2. The van der Waals surface area contributed by atoms with Crippen molar-refractivity contribution in [3.63, 3.8) is 0 Å². The molecule has 2 N–H and O–H groups in total. The Hall–Kier alpha value is -2.36. The number of fused-ring (bicyclic) bond motifs is 1.